The Labute approximate surface area is 181 Å². The highest BCUT2D eigenvalue weighted by molar-refractivity contribution is 5.33. The highest BCUT2D eigenvalue weighted by Crippen LogP contribution is 2.22. The average Bonchev–Trinajstić information content (AvgIpc) is 2.77. The zero-order valence-electron chi connectivity index (χ0n) is 18.4. The van der Waals surface area contributed by atoms with E-state index < -0.39 is 0 Å². The summed E-state index contributed by atoms with van der Waals surface area (Å²) >= 11 is 0. The number of hydrogen-bond acceptors (Lipinski definition) is 5. The molecule has 0 bridgehead atoms. The fourth-order valence-electron chi connectivity index (χ4n) is 4.29. The van der Waals surface area contributed by atoms with E-state index in [1.807, 2.05) is 24.3 Å². The van der Waals surface area contributed by atoms with Crippen LogP contribution in [0.4, 0.5) is 0 Å². The standard InChI is InChI=1S/C25H36N2O3/c1-26(20-22-6-5-8-24(18-22)30-17-16-28)19-21-10-13-27(14-11-21)15-12-23-7-3-4-9-25(23)29-2/h3-9,18,21,28H,10-17,19-20H2,1-2H3. The van der Waals surface area contributed by atoms with Crippen LogP contribution < -0.4 is 9.47 Å². The Kier molecular flexibility index (Phi) is 9.00. The van der Waals surface area contributed by atoms with Crippen LogP contribution >= 0.6 is 0 Å². The highest BCUT2D eigenvalue weighted by atomic mass is 16.5. The third kappa shape index (κ3) is 7.01. The van der Waals surface area contributed by atoms with Gasteiger partial charge < -0.3 is 24.4 Å². The number of aliphatic hydroxyl groups excluding tert-OH is 1. The van der Waals surface area contributed by atoms with Gasteiger partial charge in [0, 0.05) is 19.6 Å². The van der Waals surface area contributed by atoms with Crippen LogP contribution in [0.1, 0.15) is 24.0 Å². The Morgan fingerprint density at radius 3 is 2.67 bits per heavy atom. The highest BCUT2D eigenvalue weighted by Gasteiger charge is 2.20. The molecule has 0 amide bonds. The van der Waals surface area contributed by atoms with Crippen molar-refractivity contribution in [2.75, 3.05) is 53.6 Å². The van der Waals surface area contributed by atoms with Crippen LogP contribution in [0.5, 0.6) is 11.5 Å². The fraction of sp³-hybridized carbons (Fsp3) is 0.520. The topological polar surface area (TPSA) is 45.2 Å². The second-order valence-corrected chi connectivity index (χ2v) is 8.26. The molecule has 164 valence electrons. The zero-order valence-corrected chi connectivity index (χ0v) is 18.4. The summed E-state index contributed by atoms with van der Waals surface area (Å²) in [5, 5.41) is 8.92. The predicted octanol–water partition coefficient (Wildman–Crippen LogP) is 3.45. The van der Waals surface area contributed by atoms with Crippen molar-refractivity contribution < 1.29 is 14.6 Å². The number of aliphatic hydroxyl groups is 1. The van der Waals surface area contributed by atoms with Gasteiger partial charge in [0.05, 0.1) is 13.7 Å². The molecule has 2 aromatic rings. The molecule has 1 aliphatic rings. The number of methoxy groups -OCH3 is 1. The molecule has 0 saturated carbocycles. The fourth-order valence-corrected chi connectivity index (χ4v) is 4.29. The van der Waals surface area contributed by atoms with Gasteiger partial charge in [0.1, 0.15) is 18.1 Å². The minimum absolute atomic E-state index is 0.0434. The second kappa shape index (κ2) is 11.9. The molecule has 0 radical (unpaired) electrons. The Hall–Kier alpha value is -2.08. The molecule has 1 fully saturated rings. The van der Waals surface area contributed by atoms with Crippen molar-refractivity contribution in [1.82, 2.24) is 9.80 Å². The molecular formula is C25H36N2O3. The van der Waals surface area contributed by atoms with Gasteiger partial charge in [-0.1, -0.05) is 30.3 Å². The van der Waals surface area contributed by atoms with Gasteiger partial charge >= 0.3 is 0 Å². The van der Waals surface area contributed by atoms with Crippen molar-refractivity contribution in [2.45, 2.75) is 25.8 Å². The summed E-state index contributed by atoms with van der Waals surface area (Å²) in [4.78, 5) is 5.01. The second-order valence-electron chi connectivity index (χ2n) is 8.26. The monoisotopic (exact) mass is 412 g/mol. The van der Waals surface area contributed by atoms with Crippen LogP contribution in [0.25, 0.3) is 0 Å². The van der Waals surface area contributed by atoms with Gasteiger partial charge in [-0.25, -0.2) is 0 Å². The van der Waals surface area contributed by atoms with Gasteiger partial charge in [-0.3, -0.25) is 0 Å². The van der Waals surface area contributed by atoms with E-state index in [0.29, 0.717) is 6.61 Å². The molecule has 0 aromatic heterocycles. The maximum atomic E-state index is 8.92. The molecule has 0 atom stereocenters. The van der Waals surface area contributed by atoms with Crippen molar-refractivity contribution in [3.8, 4) is 11.5 Å². The molecule has 0 unspecified atom stereocenters. The molecule has 2 aromatic carbocycles. The molecule has 5 nitrogen and oxygen atoms in total. The Morgan fingerprint density at radius 1 is 1.10 bits per heavy atom. The number of benzene rings is 2. The lowest BCUT2D eigenvalue weighted by molar-refractivity contribution is 0.153. The lowest BCUT2D eigenvalue weighted by Gasteiger charge is -2.34. The number of nitrogens with zero attached hydrogens (tertiary/aromatic N) is 2. The predicted molar refractivity (Wildman–Crippen MR) is 121 cm³/mol. The van der Waals surface area contributed by atoms with Crippen LogP contribution in [0.3, 0.4) is 0 Å². The Bertz CT molecular complexity index is 760. The lowest BCUT2D eigenvalue weighted by Crippen LogP contribution is -2.38. The third-order valence-corrected chi connectivity index (χ3v) is 5.88. The largest absolute Gasteiger partial charge is 0.496 e. The van der Waals surface area contributed by atoms with Crippen LogP contribution in [-0.4, -0.2) is 68.5 Å². The number of piperidine rings is 1. The van der Waals surface area contributed by atoms with E-state index in [1.165, 1.54) is 37.1 Å². The molecule has 1 N–H and O–H groups in total. The van der Waals surface area contributed by atoms with Gasteiger partial charge in [-0.05, 0) is 74.6 Å². The van der Waals surface area contributed by atoms with Crippen molar-refractivity contribution in [2.24, 2.45) is 5.92 Å². The molecule has 1 saturated heterocycles. The van der Waals surface area contributed by atoms with Crippen molar-refractivity contribution >= 4 is 0 Å². The van der Waals surface area contributed by atoms with E-state index in [2.05, 4.69) is 41.1 Å². The molecule has 30 heavy (non-hydrogen) atoms. The van der Waals surface area contributed by atoms with Crippen molar-refractivity contribution in [3.05, 3.63) is 59.7 Å². The number of para-hydroxylation sites is 1. The molecule has 3 rings (SSSR count). The lowest BCUT2D eigenvalue weighted by atomic mass is 9.95. The van der Waals surface area contributed by atoms with Crippen LogP contribution in [0.15, 0.2) is 48.5 Å². The van der Waals surface area contributed by atoms with Crippen LogP contribution in [-0.2, 0) is 13.0 Å². The average molecular weight is 413 g/mol. The first-order chi connectivity index (χ1) is 14.7. The van der Waals surface area contributed by atoms with Gasteiger partial charge in [-0.15, -0.1) is 0 Å². The van der Waals surface area contributed by atoms with Crippen LogP contribution in [0, 0.1) is 5.92 Å². The molecule has 1 heterocycles. The summed E-state index contributed by atoms with van der Waals surface area (Å²) in [7, 11) is 3.95. The maximum absolute atomic E-state index is 8.92. The summed E-state index contributed by atoms with van der Waals surface area (Å²) in [6.45, 7) is 5.89. The van der Waals surface area contributed by atoms with Gasteiger partial charge in [0.2, 0.25) is 0 Å². The van der Waals surface area contributed by atoms with E-state index >= 15 is 0 Å². The Morgan fingerprint density at radius 2 is 1.90 bits per heavy atom. The molecule has 0 spiro atoms. The molecular weight excluding hydrogens is 376 g/mol. The number of likely N-dealkylation sites (tertiary alicyclic amines) is 1. The minimum Gasteiger partial charge on any atom is -0.496 e. The summed E-state index contributed by atoms with van der Waals surface area (Å²) in [5.41, 5.74) is 2.55. The van der Waals surface area contributed by atoms with E-state index in [4.69, 9.17) is 14.6 Å². The first-order valence-corrected chi connectivity index (χ1v) is 11.0. The van der Waals surface area contributed by atoms with Gasteiger partial charge in [0.25, 0.3) is 0 Å². The number of rotatable bonds is 11. The Balaban J connectivity index is 1.39. The molecule has 0 aliphatic carbocycles. The zero-order chi connectivity index (χ0) is 21.2. The van der Waals surface area contributed by atoms with Crippen molar-refractivity contribution in [3.63, 3.8) is 0 Å². The summed E-state index contributed by atoms with van der Waals surface area (Å²) < 4.78 is 11.0. The van der Waals surface area contributed by atoms with E-state index in [9.17, 15) is 0 Å². The van der Waals surface area contributed by atoms with E-state index in [1.54, 1.807) is 7.11 Å². The quantitative estimate of drug-likeness (QED) is 0.612. The molecule has 5 heteroatoms. The maximum Gasteiger partial charge on any atom is 0.122 e. The van der Waals surface area contributed by atoms with Gasteiger partial charge in [-0.2, -0.15) is 0 Å². The number of ether oxygens (including phenoxy) is 2. The van der Waals surface area contributed by atoms with E-state index in [-0.39, 0.29) is 6.61 Å². The first-order valence-electron chi connectivity index (χ1n) is 11.0. The summed E-state index contributed by atoms with van der Waals surface area (Å²) in [6.07, 6.45) is 3.56. The summed E-state index contributed by atoms with van der Waals surface area (Å²) in [6, 6.07) is 16.5. The number of hydrogen-bond donors (Lipinski definition) is 1. The minimum atomic E-state index is 0.0434. The van der Waals surface area contributed by atoms with Gasteiger partial charge in [0.15, 0.2) is 0 Å². The summed E-state index contributed by atoms with van der Waals surface area (Å²) in [5.74, 6) is 2.59. The SMILES string of the molecule is COc1ccccc1CCN1CCC(CN(C)Cc2cccc(OCCO)c2)CC1. The molecule has 1 aliphatic heterocycles. The van der Waals surface area contributed by atoms with Crippen molar-refractivity contribution in [1.29, 1.82) is 0 Å². The first kappa shape index (κ1) is 22.6. The third-order valence-electron chi connectivity index (χ3n) is 5.88. The normalized spacial score (nSPS) is 15.5. The smallest absolute Gasteiger partial charge is 0.122 e. The van der Waals surface area contributed by atoms with Crippen LogP contribution in [0.2, 0.25) is 0 Å². The van der Waals surface area contributed by atoms with E-state index in [0.717, 1.165) is 43.5 Å².